The molecule has 0 saturated carbocycles. The zero-order valence-electron chi connectivity index (χ0n) is 7.00. The highest BCUT2D eigenvalue weighted by molar-refractivity contribution is 5.52. The number of hydrogen-bond donors (Lipinski definition) is 1. The molecule has 0 aliphatic heterocycles. The largest absolute Gasteiger partial charge is 0.326 e. The Balaban J connectivity index is 2.97. The van der Waals surface area contributed by atoms with Gasteiger partial charge in [-0.2, -0.15) is 5.26 Å². The first-order valence-corrected chi connectivity index (χ1v) is 3.82. The Labute approximate surface area is 76.1 Å². The summed E-state index contributed by atoms with van der Waals surface area (Å²) in [5, 5.41) is 8.25. The number of benzene rings is 1. The summed E-state index contributed by atoms with van der Waals surface area (Å²) >= 11 is 0. The Kier molecular flexibility index (Phi) is 3.18. The van der Waals surface area contributed by atoms with Gasteiger partial charge in [-0.05, 0) is 17.7 Å². The van der Waals surface area contributed by atoms with E-state index in [0.29, 0.717) is 11.1 Å². The average Bonchev–Trinajstić information content (AvgIpc) is 2.15. The van der Waals surface area contributed by atoms with Crippen molar-refractivity contribution in [2.75, 3.05) is 0 Å². The van der Waals surface area contributed by atoms with Gasteiger partial charge in [0, 0.05) is 18.2 Å². The van der Waals surface area contributed by atoms with Crippen molar-refractivity contribution in [2.45, 2.75) is 6.54 Å². The molecule has 0 fully saturated rings. The topological polar surface area (TPSA) is 49.8 Å². The fourth-order valence-corrected chi connectivity index (χ4v) is 0.966. The average molecular weight is 176 g/mol. The Morgan fingerprint density at radius 2 is 2.31 bits per heavy atom. The molecule has 0 spiro atoms. The number of rotatable bonds is 2. The molecule has 0 aromatic heterocycles. The van der Waals surface area contributed by atoms with Gasteiger partial charge in [0.1, 0.15) is 5.82 Å². The molecule has 2 nitrogen and oxygen atoms in total. The molecule has 0 saturated heterocycles. The van der Waals surface area contributed by atoms with Crippen LogP contribution in [0.15, 0.2) is 24.3 Å². The normalized spacial score (nSPS) is 10.2. The molecular weight excluding hydrogens is 167 g/mol. The van der Waals surface area contributed by atoms with Crippen LogP contribution in [-0.2, 0) is 6.54 Å². The molecule has 0 aliphatic carbocycles. The van der Waals surface area contributed by atoms with Crippen molar-refractivity contribution in [3.8, 4) is 6.07 Å². The van der Waals surface area contributed by atoms with Crippen LogP contribution in [0.3, 0.4) is 0 Å². The monoisotopic (exact) mass is 176 g/mol. The van der Waals surface area contributed by atoms with Gasteiger partial charge in [0.2, 0.25) is 0 Å². The van der Waals surface area contributed by atoms with Crippen molar-refractivity contribution >= 4 is 6.08 Å². The van der Waals surface area contributed by atoms with Gasteiger partial charge >= 0.3 is 0 Å². The number of nitriles is 1. The summed E-state index contributed by atoms with van der Waals surface area (Å²) in [6.45, 7) is 0.189. The van der Waals surface area contributed by atoms with Crippen molar-refractivity contribution in [3.05, 3.63) is 41.2 Å². The van der Waals surface area contributed by atoms with Crippen LogP contribution >= 0.6 is 0 Å². The van der Waals surface area contributed by atoms with Crippen LogP contribution in [0.25, 0.3) is 6.08 Å². The van der Waals surface area contributed by atoms with Gasteiger partial charge in [0.25, 0.3) is 0 Å². The molecule has 1 aromatic rings. The van der Waals surface area contributed by atoms with Crippen LogP contribution < -0.4 is 5.73 Å². The second kappa shape index (κ2) is 4.39. The first-order valence-electron chi connectivity index (χ1n) is 3.82. The number of nitrogens with zero attached hydrogens (tertiary/aromatic N) is 1. The van der Waals surface area contributed by atoms with E-state index in [1.807, 2.05) is 6.07 Å². The van der Waals surface area contributed by atoms with Gasteiger partial charge in [-0.3, -0.25) is 0 Å². The summed E-state index contributed by atoms with van der Waals surface area (Å²) < 4.78 is 13.1. The zero-order chi connectivity index (χ0) is 9.68. The molecule has 0 heterocycles. The van der Waals surface area contributed by atoms with Gasteiger partial charge in [-0.15, -0.1) is 0 Å². The van der Waals surface area contributed by atoms with Crippen LogP contribution in [0.5, 0.6) is 0 Å². The molecule has 2 N–H and O–H groups in total. The smallest absolute Gasteiger partial charge is 0.128 e. The van der Waals surface area contributed by atoms with Crippen LogP contribution in [0.4, 0.5) is 4.39 Å². The molecule has 3 heteroatoms. The Morgan fingerprint density at radius 3 is 2.85 bits per heavy atom. The molecule has 66 valence electrons. The second-order valence-corrected chi connectivity index (χ2v) is 2.52. The number of hydrogen-bond acceptors (Lipinski definition) is 2. The lowest BCUT2D eigenvalue weighted by Crippen LogP contribution is -1.99. The first kappa shape index (κ1) is 9.43. The van der Waals surface area contributed by atoms with Gasteiger partial charge in [-0.25, -0.2) is 4.39 Å². The first-order chi connectivity index (χ1) is 6.27. The minimum atomic E-state index is -0.331. The number of nitrogens with two attached hydrogens (primary N) is 1. The van der Waals surface area contributed by atoms with Crippen LogP contribution in [0.1, 0.15) is 11.1 Å². The third-order valence-corrected chi connectivity index (χ3v) is 1.65. The van der Waals surface area contributed by atoms with Crippen molar-refractivity contribution in [1.29, 1.82) is 5.26 Å². The third-order valence-electron chi connectivity index (χ3n) is 1.65. The standard InChI is InChI=1S/C10H9FN2/c11-10-6-8(2-1-5-12)3-4-9(10)7-13/h1-4,6H,7,13H2. The zero-order valence-corrected chi connectivity index (χ0v) is 7.00. The van der Waals surface area contributed by atoms with E-state index in [-0.39, 0.29) is 12.4 Å². The summed E-state index contributed by atoms with van der Waals surface area (Å²) in [4.78, 5) is 0. The molecule has 1 rings (SSSR count). The van der Waals surface area contributed by atoms with E-state index in [0.717, 1.165) is 0 Å². The van der Waals surface area contributed by atoms with E-state index >= 15 is 0 Å². The lowest BCUT2D eigenvalue weighted by Gasteiger charge is -1.99. The van der Waals surface area contributed by atoms with Crippen molar-refractivity contribution < 1.29 is 4.39 Å². The maximum atomic E-state index is 13.1. The van der Waals surface area contributed by atoms with Crippen molar-refractivity contribution in [1.82, 2.24) is 0 Å². The fraction of sp³-hybridized carbons (Fsp3) is 0.100. The minimum Gasteiger partial charge on any atom is -0.326 e. The van der Waals surface area contributed by atoms with E-state index in [1.54, 1.807) is 18.2 Å². The predicted molar refractivity (Wildman–Crippen MR) is 48.9 cm³/mol. The maximum Gasteiger partial charge on any atom is 0.128 e. The van der Waals surface area contributed by atoms with E-state index in [1.165, 1.54) is 12.1 Å². The van der Waals surface area contributed by atoms with Crippen LogP contribution in [0.2, 0.25) is 0 Å². The summed E-state index contributed by atoms with van der Waals surface area (Å²) in [6.07, 6.45) is 2.85. The fourth-order valence-electron chi connectivity index (χ4n) is 0.966. The molecule has 0 radical (unpaired) electrons. The highest BCUT2D eigenvalue weighted by Gasteiger charge is 1.99. The van der Waals surface area contributed by atoms with E-state index in [9.17, 15) is 4.39 Å². The van der Waals surface area contributed by atoms with Gasteiger partial charge < -0.3 is 5.73 Å². The van der Waals surface area contributed by atoms with Crippen molar-refractivity contribution in [2.24, 2.45) is 5.73 Å². The second-order valence-electron chi connectivity index (χ2n) is 2.52. The quantitative estimate of drug-likeness (QED) is 0.699. The van der Waals surface area contributed by atoms with E-state index < -0.39 is 0 Å². The lowest BCUT2D eigenvalue weighted by atomic mass is 10.1. The Hall–Kier alpha value is -1.66. The van der Waals surface area contributed by atoms with Gasteiger partial charge in [-0.1, -0.05) is 12.1 Å². The molecule has 0 amide bonds. The molecule has 0 bridgehead atoms. The summed E-state index contributed by atoms with van der Waals surface area (Å²) in [5.41, 5.74) is 6.43. The predicted octanol–water partition coefficient (Wildman–Crippen LogP) is 1.82. The van der Waals surface area contributed by atoms with E-state index in [4.69, 9.17) is 11.0 Å². The summed E-state index contributed by atoms with van der Waals surface area (Å²) in [7, 11) is 0. The molecule has 13 heavy (non-hydrogen) atoms. The van der Waals surface area contributed by atoms with Crippen LogP contribution in [-0.4, -0.2) is 0 Å². The molecular formula is C10H9FN2. The molecule has 1 aromatic carbocycles. The lowest BCUT2D eigenvalue weighted by molar-refractivity contribution is 0.610. The molecule has 0 unspecified atom stereocenters. The third kappa shape index (κ3) is 2.39. The van der Waals surface area contributed by atoms with Crippen LogP contribution in [0, 0.1) is 17.1 Å². The number of halogens is 1. The molecule has 0 aliphatic rings. The summed E-state index contributed by atoms with van der Waals surface area (Å²) in [6, 6.07) is 6.53. The highest BCUT2D eigenvalue weighted by atomic mass is 19.1. The van der Waals surface area contributed by atoms with E-state index in [2.05, 4.69) is 0 Å². The van der Waals surface area contributed by atoms with Gasteiger partial charge in [0.05, 0.1) is 6.07 Å². The number of allylic oxidation sites excluding steroid dienone is 1. The van der Waals surface area contributed by atoms with Crippen molar-refractivity contribution in [3.63, 3.8) is 0 Å². The summed E-state index contributed by atoms with van der Waals surface area (Å²) in [5.74, 6) is -0.331. The maximum absolute atomic E-state index is 13.1. The SMILES string of the molecule is N#CC=Cc1ccc(CN)c(F)c1. The highest BCUT2D eigenvalue weighted by Crippen LogP contribution is 2.10. The molecule has 0 atom stereocenters. The Morgan fingerprint density at radius 1 is 1.54 bits per heavy atom. The minimum absolute atomic E-state index is 0.189. The van der Waals surface area contributed by atoms with Gasteiger partial charge in [0.15, 0.2) is 0 Å². The Bertz CT molecular complexity index is 364.